The molecule has 0 saturated heterocycles. The largest absolute Gasteiger partial charge is 0.478 e. The minimum absolute atomic E-state index is 0.0416. The summed E-state index contributed by atoms with van der Waals surface area (Å²) >= 11 is 0. The predicted molar refractivity (Wildman–Crippen MR) is 60.9 cm³/mol. The van der Waals surface area contributed by atoms with E-state index in [0.29, 0.717) is 12.0 Å². The van der Waals surface area contributed by atoms with Gasteiger partial charge in [-0.05, 0) is 31.0 Å². The number of nitrogens with two attached hydrogens (primary N) is 1. The van der Waals surface area contributed by atoms with E-state index in [1.54, 1.807) is 6.92 Å². The minimum Gasteiger partial charge on any atom is -0.478 e. The third kappa shape index (κ3) is 3.42. The lowest BCUT2D eigenvalue weighted by molar-refractivity contribution is -0.124. The monoisotopic (exact) mass is 241 g/mol. The molecule has 0 heterocycles. The molecule has 17 heavy (non-hydrogen) atoms. The summed E-state index contributed by atoms with van der Waals surface area (Å²) in [5.41, 5.74) is 5.54. The Morgan fingerprint density at radius 1 is 1.59 bits per heavy atom. The summed E-state index contributed by atoms with van der Waals surface area (Å²) in [5.74, 6) is -1.30. The Bertz CT molecular complexity index is 407. The zero-order chi connectivity index (χ0) is 13.0. The number of aliphatic hydroxyl groups excluding tert-OH is 1. The maximum absolute atomic E-state index is 13.6. The van der Waals surface area contributed by atoms with Gasteiger partial charge in [0.25, 0.3) is 5.91 Å². The molecule has 0 aliphatic heterocycles. The maximum Gasteiger partial charge on any atom is 0.258 e. The summed E-state index contributed by atoms with van der Waals surface area (Å²) in [7, 11) is 0. The first-order valence-electron chi connectivity index (χ1n) is 5.39. The fourth-order valence-corrected chi connectivity index (χ4v) is 1.37. The van der Waals surface area contributed by atoms with E-state index in [1.165, 1.54) is 25.1 Å². The zero-order valence-corrected chi connectivity index (χ0v) is 9.81. The molecule has 0 saturated carbocycles. The van der Waals surface area contributed by atoms with Crippen molar-refractivity contribution in [3.63, 3.8) is 0 Å². The molecular formula is C12H16FNO3. The summed E-state index contributed by atoms with van der Waals surface area (Å²) in [5, 5.41) is 9.27. The average Bonchev–Trinajstić information content (AvgIpc) is 2.26. The fraction of sp³-hybridized carbons (Fsp3) is 0.417. The van der Waals surface area contributed by atoms with Crippen LogP contribution in [0.15, 0.2) is 18.2 Å². The Balaban J connectivity index is 2.89. The van der Waals surface area contributed by atoms with Crippen LogP contribution in [-0.4, -0.2) is 17.1 Å². The topological polar surface area (TPSA) is 72.6 Å². The standard InChI is InChI=1S/C12H16FNO3/c1-3-10(12(14)16)17-11-5-4-8(7(2)15)6-9(11)13/h4-7,10,15H,3H2,1-2H3,(H2,14,16)/t7-,10?/m0/s1. The van der Waals surface area contributed by atoms with Crippen LogP contribution < -0.4 is 10.5 Å². The van der Waals surface area contributed by atoms with Gasteiger partial charge in [0.2, 0.25) is 0 Å². The number of rotatable bonds is 5. The first-order valence-corrected chi connectivity index (χ1v) is 5.39. The van der Waals surface area contributed by atoms with Crippen LogP contribution in [-0.2, 0) is 4.79 Å². The molecule has 0 aromatic heterocycles. The van der Waals surface area contributed by atoms with Crippen LogP contribution in [0.2, 0.25) is 0 Å². The summed E-state index contributed by atoms with van der Waals surface area (Å²) in [6.45, 7) is 3.26. The van der Waals surface area contributed by atoms with Crippen molar-refractivity contribution >= 4 is 5.91 Å². The smallest absolute Gasteiger partial charge is 0.258 e. The van der Waals surface area contributed by atoms with Gasteiger partial charge in [-0.2, -0.15) is 0 Å². The van der Waals surface area contributed by atoms with Gasteiger partial charge >= 0.3 is 0 Å². The molecule has 3 N–H and O–H groups in total. The van der Waals surface area contributed by atoms with Gasteiger partial charge in [-0.3, -0.25) is 4.79 Å². The highest BCUT2D eigenvalue weighted by Crippen LogP contribution is 2.23. The lowest BCUT2D eigenvalue weighted by Crippen LogP contribution is -2.33. The van der Waals surface area contributed by atoms with E-state index in [4.69, 9.17) is 10.5 Å². The van der Waals surface area contributed by atoms with Crippen molar-refractivity contribution in [2.45, 2.75) is 32.5 Å². The first kappa shape index (κ1) is 13.4. The average molecular weight is 241 g/mol. The second-order valence-corrected chi connectivity index (χ2v) is 3.78. The minimum atomic E-state index is -0.845. The van der Waals surface area contributed by atoms with Crippen LogP contribution >= 0.6 is 0 Å². The van der Waals surface area contributed by atoms with Crippen molar-refractivity contribution in [3.05, 3.63) is 29.6 Å². The first-order chi connectivity index (χ1) is 7.95. The molecule has 1 aromatic carbocycles. The van der Waals surface area contributed by atoms with Crippen LogP contribution in [0.4, 0.5) is 4.39 Å². The van der Waals surface area contributed by atoms with Crippen molar-refractivity contribution < 1.29 is 19.0 Å². The molecular weight excluding hydrogens is 225 g/mol. The van der Waals surface area contributed by atoms with E-state index in [9.17, 15) is 14.3 Å². The number of ether oxygens (including phenoxy) is 1. The molecule has 0 fully saturated rings. The van der Waals surface area contributed by atoms with Crippen LogP contribution in [0, 0.1) is 5.82 Å². The molecule has 0 aliphatic rings. The Labute approximate surface area is 99.2 Å². The Hall–Kier alpha value is -1.62. The van der Waals surface area contributed by atoms with Crippen LogP contribution in [0.1, 0.15) is 31.9 Å². The SMILES string of the molecule is CCC(Oc1ccc([C@H](C)O)cc1F)C(N)=O. The Morgan fingerprint density at radius 2 is 2.24 bits per heavy atom. The molecule has 1 rings (SSSR count). The van der Waals surface area contributed by atoms with Crippen LogP contribution in [0.25, 0.3) is 0 Å². The highest BCUT2D eigenvalue weighted by Gasteiger charge is 2.17. The summed E-state index contributed by atoms with van der Waals surface area (Å²) < 4.78 is 18.7. The van der Waals surface area contributed by atoms with Crippen molar-refractivity contribution in [2.75, 3.05) is 0 Å². The van der Waals surface area contributed by atoms with E-state index in [-0.39, 0.29) is 5.75 Å². The van der Waals surface area contributed by atoms with Crippen molar-refractivity contribution in [1.82, 2.24) is 0 Å². The predicted octanol–water partition coefficient (Wildman–Crippen LogP) is 1.52. The number of hydrogen-bond donors (Lipinski definition) is 2. The Morgan fingerprint density at radius 3 is 2.65 bits per heavy atom. The van der Waals surface area contributed by atoms with Gasteiger partial charge in [0.05, 0.1) is 6.10 Å². The second kappa shape index (κ2) is 5.63. The molecule has 0 radical (unpaired) electrons. The van der Waals surface area contributed by atoms with Crippen molar-refractivity contribution in [2.24, 2.45) is 5.73 Å². The van der Waals surface area contributed by atoms with E-state index >= 15 is 0 Å². The third-order valence-corrected chi connectivity index (χ3v) is 2.40. The summed E-state index contributed by atoms with van der Waals surface area (Å²) in [6.07, 6.45) is -1.23. The summed E-state index contributed by atoms with van der Waals surface area (Å²) in [4.78, 5) is 11.0. The van der Waals surface area contributed by atoms with Gasteiger partial charge in [0.1, 0.15) is 0 Å². The number of amides is 1. The lowest BCUT2D eigenvalue weighted by Gasteiger charge is -2.15. The molecule has 1 aromatic rings. The van der Waals surface area contributed by atoms with Crippen LogP contribution in [0.5, 0.6) is 5.75 Å². The molecule has 0 aliphatic carbocycles. The van der Waals surface area contributed by atoms with Crippen LogP contribution in [0.3, 0.4) is 0 Å². The quantitative estimate of drug-likeness (QED) is 0.821. The highest BCUT2D eigenvalue weighted by atomic mass is 19.1. The highest BCUT2D eigenvalue weighted by molar-refractivity contribution is 5.79. The number of halogens is 1. The summed E-state index contributed by atoms with van der Waals surface area (Å²) in [6, 6.07) is 4.09. The number of primary amides is 1. The van der Waals surface area contributed by atoms with Gasteiger partial charge in [0, 0.05) is 0 Å². The number of hydrogen-bond acceptors (Lipinski definition) is 3. The molecule has 2 atom stereocenters. The fourth-order valence-electron chi connectivity index (χ4n) is 1.37. The van der Waals surface area contributed by atoms with E-state index in [2.05, 4.69) is 0 Å². The zero-order valence-electron chi connectivity index (χ0n) is 9.81. The number of carbonyl (C=O) groups is 1. The Kier molecular flexibility index (Phi) is 4.45. The van der Waals surface area contributed by atoms with Gasteiger partial charge in [-0.25, -0.2) is 4.39 Å². The maximum atomic E-state index is 13.6. The number of aliphatic hydroxyl groups is 1. The van der Waals surface area contributed by atoms with E-state index in [1.807, 2.05) is 0 Å². The molecule has 0 spiro atoms. The molecule has 1 amide bonds. The molecule has 94 valence electrons. The van der Waals surface area contributed by atoms with Crippen molar-refractivity contribution in [1.29, 1.82) is 0 Å². The number of benzene rings is 1. The van der Waals surface area contributed by atoms with E-state index < -0.39 is 23.9 Å². The second-order valence-electron chi connectivity index (χ2n) is 3.78. The molecule has 4 nitrogen and oxygen atoms in total. The van der Waals surface area contributed by atoms with Gasteiger partial charge in [0.15, 0.2) is 17.7 Å². The van der Waals surface area contributed by atoms with Gasteiger partial charge in [-0.1, -0.05) is 13.0 Å². The van der Waals surface area contributed by atoms with E-state index in [0.717, 1.165) is 0 Å². The number of carbonyl (C=O) groups excluding carboxylic acids is 1. The lowest BCUT2D eigenvalue weighted by atomic mass is 10.1. The van der Waals surface area contributed by atoms with Gasteiger partial charge in [-0.15, -0.1) is 0 Å². The van der Waals surface area contributed by atoms with Crippen molar-refractivity contribution in [3.8, 4) is 5.75 Å². The normalized spacial score (nSPS) is 14.1. The molecule has 0 bridgehead atoms. The molecule has 5 heteroatoms. The third-order valence-electron chi connectivity index (χ3n) is 2.40. The molecule has 1 unspecified atom stereocenters. The van der Waals surface area contributed by atoms with Gasteiger partial charge < -0.3 is 15.6 Å².